The number of unbranched alkanes of at least 4 members (excludes halogenated alkanes) is 19. The van der Waals surface area contributed by atoms with Gasteiger partial charge in [0.1, 0.15) is 13.2 Å². The highest BCUT2D eigenvalue weighted by Gasteiger charge is 2.19. The van der Waals surface area contributed by atoms with Gasteiger partial charge in [-0.2, -0.15) is 0 Å². The molecule has 0 aromatic rings. The molecule has 0 fully saturated rings. The van der Waals surface area contributed by atoms with Crippen molar-refractivity contribution < 1.29 is 28.6 Å². The lowest BCUT2D eigenvalue weighted by Crippen LogP contribution is -2.30. The highest BCUT2D eigenvalue weighted by molar-refractivity contribution is 5.71. The average molecular weight is 1010 g/mol. The standard InChI is InChI=1S/C67H108O6/c1-4-7-10-13-16-19-22-25-27-29-30-31-32-33-34-35-36-38-39-42-45-48-51-54-57-60-66(69)72-63-64(62-71-65(68)59-56-53-50-47-44-41-24-21-18-15-12-9-6-3)73-67(70)61-58-55-52-49-46-43-40-37-28-26-23-20-17-14-11-8-5-2/h8-9,11-12,17-18,20-22,25-26,28-30,32-33,40-41,43-44,49,52,64H,4-7,10,13-16,19,23-24,27,31,34-39,42,45-48,50-51,53-63H2,1-3H3/b11-8-,12-9-,20-17-,21-18-,25-22-,28-26-,30-29-,33-32-,43-40-,44-41-,52-49-. The Morgan fingerprint density at radius 1 is 0.288 bits per heavy atom. The van der Waals surface area contributed by atoms with E-state index in [-0.39, 0.29) is 37.5 Å². The molecular weight excluding hydrogens is 901 g/mol. The fourth-order valence-corrected chi connectivity index (χ4v) is 7.73. The molecule has 0 spiro atoms. The van der Waals surface area contributed by atoms with Crippen LogP contribution in [-0.4, -0.2) is 37.2 Å². The maximum Gasteiger partial charge on any atom is 0.306 e. The van der Waals surface area contributed by atoms with Crippen molar-refractivity contribution in [3.63, 3.8) is 0 Å². The Labute approximate surface area is 449 Å². The number of ether oxygens (including phenoxy) is 3. The molecular formula is C67H108O6. The summed E-state index contributed by atoms with van der Waals surface area (Å²) >= 11 is 0. The van der Waals surface area contributed by atoms with E-state index in [9.17, 15) is 14.4 Å². The Morgan fingerprint density at radius 3 is 0.890 bits per heavy atom. The van der Waals surface area contributed by atoms with E-state index in [4.69, 9.17) is 14.2 Å². The second kappa shape index (κ2) is 60.1. The van der Waals surface area contributed by atoms with E-state index >= 15 is 0 Å². The molecule has 0 N–H and O–H groups in total. The van der Waals surface area contributed by atoms with Crippen LogP contribution in [0.3, 0.4) is 0 Å². The van der Waals surface area contributed by atoms with Crippen LogP contribution in [0.4, 0.5) is 0 Å². The van der Waals surface area contributed by atoms with Crippen molar-refractivity contribution in [2.75, 3.05) is 13.2 Å². The van der Waals surface area contributed by atoms with Crippen molar-refractivity contribution in [3.05, 3.63) is 134 Å². The van der Waals surface area contributed by atoms with E-state index in [0.717, 1.165) is 116 Å². The quantitative estimate of drug-likeness (QED) is 0.0261. The monoisotopic (exact) mass is 1010 g/mol. The molecule has 0 saturated heterocycles. The third-order valence-corrected chi connectivity index (χ3v) is 12.1. The van der Waals surface area contributed by atoms with E-state index in [1.165, 1.54) is 89.9 Å². The van der Waals surface area contributed by atoms with Gasteiger partial charge >= 0.3 is 17.9 Å². The van der Waals surface area contributed by atoms with Crippen molar-refractivity contribution in [2.45, 2.75) is 258 Å². The Bertz CT molecular complexity index is 1580. The van der Waals surface area contributed by atoms with Gasteiger partial charge in [-0.3, -0.25) is 14.4 Å². The van der Waals surface area contributed by atoms with Gasteiger partial charge in [0.25, 0.3) is 0 Å². The number of esters is 3. The van der Waals surface area contributed by atoms with Crippen LogP contribution in [-0.2, 0) is 28.6 Å². The molecule has 0 bridgehead atoms. The molecule has 0 aromatic carbocycles. The second-order valence-corrected chi connectivity index (χ2v) is 19.1. The molecule has 0 amide bonds. The van der Waals surface area contributed by atoms with Crippen LogP contribution in [0.25, 0.3) is 0 Å². The summed E-state index contributed by atoms with van der Waals surface area (Å²) in [6.07, 6.45) is 84.6. The molecule has 0 aliphatic heterocycles. The molecule has 1 atom stereocenters. The van der Waals surface area contributed by atoms with E-state index < -0.39 is 6.10 Å². The minimum absolute atomic E-state index is 0.116. The number of carbonyl (C=O) groups excluding carboxylic acids is 3. The Hall–Kier alpha value is -4.45. The molecule has 0 rings (SSSR count). The zero-order valence-corrected chi connectivity index (χ0v) is 47.1. The van der Waals surface area contributed by atoms with Gasteiger partial charge in [0, 0.05) is 19.3 Å². The van der Waals surface area contributed by atoms with Gasteiger partial charge in [-0.1, -0.05) is 238 Å². The van der Waals surface area contributed by atoms with Gasteiger partial charge in [-0.05, 0) is 128 Å². The number of rotatable bonds is 52. The average Bonchev–Trinajstić information content (AvgIpc) is 3.39. The summed E-state index contributed by atoms with van der Waals surface area (Å²) < 4.78 is 16.8. The van der Waals surface area contributed by atoms with E-state index in [0.29, 0.717) is 19.3 Å². The summed E-state index contributed by atoms with van der Waals surface area (Å²) in [5.41, 5.74) is 0. The number of allylic oxidation sites excluding steroid dienone is 22. The maximum absolute atomic E-state index is 12.8. The van der Waals surface area contributed by atoms with Crippen molar-refractivity contribution >= 4 is 17.9 Å². The largest absolute Gasteiger partial charge is 0.462 e. The van der Waals surface area contributed by atoms with Crippen LogP contribution in [0, 0.1) is 0 Å². The minimum atomic E-state index is -0.827. The molecule has 0 aliphatic rings. The first-order chi connectivity index (χ1) is 36.0. The smallest absolute Gasteiger partial charge is 0.306 e. The van der Waals surface area contributed by atoms with Crippen molar-refractivity contribution in [1.82, 2.24) is 0 Å². The van der Waals surface area contributed by atoms with Gasteiger partial charge in [0.05, 0.1) is 0 Å². The van der Waals surface area contributed by atoms with Crippen LogP contribution in [0.5, 0.6) is 0 Å². The van der Waals surface area contributed by atoms with Gasteiger partial charge in [-0.25, -0.2) is 0 Å². The molecule has 73 heavy (non-hydrogen) atoms. The number of hydrogen-bond donors (Lipinski definition) is 0. The first-order valence-electron chi connectivity index (χ1n) is 29.7. The topological polar surface area (TPSA) is 78.9 Å². The second-order valence-electron chi connectivity index (χ2n) is 19.1. The fourth-order valence-electron chi connectivity index (χ4n) is 7.73. The lowest BCUT2D eigenvalue weighted by atomic mass is 10.1. The molecule has 6 heteroatoms. The Balaban J connectivity index is 4.43. The van der Waals surface area contributed by atoms with Crippen molar-refractivity contribution in [3.8, 4) is 0 Å². The Morgan fingerprint density at radius 2 is 0.548 bits per heavy atom. The van der Waals surface area contributed by atoms with Crippen LogP contribution in [0.1, 0.15) is 252 Å². The van der Waals surface area contributed by atoms with Gasteiger partial charge in [0.2, 0.25) is 0 Å². The molecule has 412 valence electrons. The summed E-state index contributed by atoms with van der Waals surface area (Å²) in [6, 6.07) is 0. The van der Waals surface area contributed by atoms with E-state index in [2.05, 4.69) is 154 Å². The lowest BCUT2D eigenvalue weighted by Gasteiger charge is -2.18. The first kappa shape index (κ1) is 68.6. The number of hydrogen-bond acceptors (Lipinski definition) is 6. The van der Waals surface area contributed by atoms with Crippen LogP contribution in [0.2, 0.25) is 0 Å². The predicted molar refractivity (Wildman–Crippen MR) is 316 cm³/mol. The highest BCUT2D eigenvalue weighted by atomic mass is 16.6. The van der Waals surface area contributed by atoms with Crippen molar-refractivity contribution in [2.24, 2.45) is 0 Å². The van der Waals surface area contributed by atoms with E-state index in [1.807, 2.05) is 0 Å². The molecule has 0 heterocycles. The van der Waals surface area contributed by atoms with Crippen molar-refractivity contribution in [1.29, 1.82) is 0 Å². The summed E-state index contributed by atoms with van der Waals surface area (Å²) in [5, 5.41) is 0. The summed E-state index contributed by atoms with van der Waals surface area (Å²) in [7, 11) is 0. The normalized spacial score (nSPS) is 13.1. The predicted octanol–water partition coefficient (Wildman–Crippen LogP) is 20.2. The fraction of sp³-hybridized carbons (Fsp3) is 0.627. The lowest BCUT2D eigenvalue weighted by molar-refractivity contribution is -0.167. The van der Waals surface area contributed by atoms with E-state index in [1.54, 1.807) is 0 Å². The van der Waals surface area contributed by atoms with Gasteiger partial charge < -0.3 is 14.2 Å². The van der Waals surface area contributed by atoms with Gasteiger partial charge in [0.15, 0.2) is 6.10 Å². The minimum Gasteiger partial charge on any atom is -0.462 e. The zero-order valence-electron chi connectivity index (χ0n) is 47.1. The zero-order chi connectivity index (χ0) is 52.9. The molecule has 6 nitrogen and oxygen atoms in total. The highest BCUT2D eigenvalue weighted by Crippen LogP contribution is 2.14. The van der Waals surface area contributed by atoms with Gasteiger partial charge in [-0.15, -0.1) is 0 Å². The first-order valence-corrected chi connectivity index (χ1v) is 29.7. The molecule has 0 aromatic heterocycles. The molecule has 0 aliphatic carbocycles. The molecule has 0 saturated carbocycles. The summed E-state index contributed by atoms with van der Waals surface area (Å²) in [5.74, 6) is -1.01. The Kier molecular flexibility index (Phi) is 56.4. The molecule has 1 unspecified atom stereocenters. The summed E-state index contributed by atoms with van der Waals surface area (Å²) in [6.45, 7) is 6.32. The van der Waals surface area contributed by atoms with Crippen LogP contribution in [0.15, 0.2) is 134 Å². The third-order valence-electron chi connectivity index (χ3n) is 12.1. The SMILES string of the molecule is CC/C=C\C/C=C\C/C=C\C/C=C\C/C=C\CCCC(=O)OC(COC(=O)CCCCC/C=C\C/C=C\C/C=C\CC)COC(=O)CCCCCCCCCCCC/C=C\C/C=C\C/C=C\CCCCCCC. The summed E-state index contributed by atoms with van der Waals surface area (Å²) in [4.78, 5) is 38.1. The third kappa shape index (κ3) is 58.3. The van der Waals surface area contributed by atoms with Crippen LogP contribution >= 0.6 is 0 Å². The maximum atomic E-state index is 12.8. The van der Waals surface area contributed by atoms with Crippen LogP contribution < -0.4 is 0 Å². The number of carbonyl (C=O) groups is 3. The molecule has 0 radical (unpaired) electrons.